The van der Waals surface area contributed by atoms with Crippen LogP contribution in [0.5, 0.6) is 0 Å². The monoisotopic (exact) mass is 319 g/mol. The number of hydrogen-bond donors (Lipinski definition) is 1. The van der Waals surface area contributed by atoms with Gasteiger partial charge >= 0.3 is 0 Å². The van der Waals surface area contributed by atoms with Crippen molar-refractivity contribution in [3.05, 3.63) is 29.1 Å². The summed E-state index contributed by atoms with van der Waals surface area (Å²) in [5, 5.41) is 0. The van der Waals surface area contributed by atoms with Gasteiger partial charge in [-0.05, 0) is 61.8 Å². The maximum absolute atomic E-state index is 13.3. The van der Waals surface area contributed by atoms with Gasteiger partial charge in [0.1, 0.15) is 5.82 Å². The molecule has 1 aromatic carbocycles. The summed E-state index contributed by atoms with van der Waals surface area (Å²) in [6.07, 6.45) is 2.83. The third kappa shape index (κ3) is 3.32. The van der Waals surface area contributed by atoms with Gasteiger partial charge in [0.15, 0.2) is 0 Å². The summed E-state index contributed by atoms with van der Waals surface area (Å²) in [6, 6.07) is 2.49. The smallest absolute Gasteiger partial charge is 0.211 e. The van der Waals surface area contributed by atoms with Crippen LogP contribution in [-0.4, -0.2) is 20.8 Å². The van der Waals surface area contributed by atoms with Crippen LogP contribution in [0, 0.1) is 25.1 Å². The van der Waals surface area contributed by atoms with E-state index in [2.05, 4.69) is 4.72 Å². The van der Waals surface area contributed by atoms with Crippen LogP contribution < -0.4 is 4.72 Å². The molecule has 0 spiro atoms. The summed E-state index contributed by atoms with van der Waals surface area (Å²) >= 11 is 5.74. The van der Waals surface area contributed by atoms with E-state index in [0.29, 0.717) is 23.6 Å². The third-order valence-electron chi connectivity index (χ3n) is 3.91. The molecule has 20 heavy (non-hydrogen) atoms. The predicted molar refractivity (Wildman–Crippen MR) is 78.1 cm³/mol. The molecule has 0 unspecified atom stereocenters. The summed E-state index contributed by atoms with van der Waals surface area (Å²) in [6.45, 7) is 3.62. The van der Waals surface area contributed by atoms with Crippen LogP contribution in [0.4, 0.5) is 4.39 Å². The molecule has 0 heterocycles. The van der Waals surface area contributed by atoms with Crippen LogP contribution in [0.3, 0.4) is 0 Å². The molecular weight excluding hydrogens is 301 g/mol. The lowest BCUT2D eigenvalue weighted by atomic mass is 10.1. The standard InChI is InChI=1S/C14H19ClFNO2S/c1-10-7-12(16)8-11(2)13(10)20(18,19)17-9-14(3-4-14)5-6-15/h7-8,17H,3-6,9H2,1-2H3. The first kappa shape index (κ1) is 15.7. The van der Waals surface area contributed by atoms with Crippen LogP contribution in [0.2, 0.25) is 0 Å². The first-order chi connectivity index (χ1) is 9.30. The minimum atomic E-state index is -3.61. The Hall–Kier alpha value is -0.650. The third-order valence-corrected chi connectivity index (χ3v) is 5.81. The van der Waals surface area contributed by atoms with Crippen molar-refractivity contribution in [3.8, 4) is 0 Å². The molecule has 3 nitrogen and oxygen atoms in total. The molecule has 6 heteroatoms. The first-order valence-electron chi connectivity index (χ1n) is 6.62. The maximum Gasteiger partial charge on any atom is 0.241 e. The van der Waals surface area contributed by atoms with Gasteiger partial charge in [-0.3, -0.25) is 0 Å². The van der Waals surface area contributed by atoms with Crippen molar-refractivity contribution in [1.82, 2.24) is 4.72 Å². The number of benzene rings is 1. The Kier molecular flexibility index (Phi) is 4.42. The Labute approximate surface area is 124 Å². The zero-order valence-corrected chi connectivity index (χ0v) is 13.2. The van der Waals surface area contributed by atoms with E-state index in [0.717, 1.165) is 19.3 Å². The van der Waals surface area contributed by atoms with E-state index < -0.39 is 15.8 Å². The van der Waals surface area contributed by atoms with E-state index >= 15 is 0 Å². The molecule has 0 amide bonds. The fourth-order valence-corrected chi connectivity index (χ4v) is 4.54. The zero-order chi connectivity index (χ0) is 15.0. The Morgan fingerprint density at radius 3 is 2.30 bits per heavy atom. The lowest BCUT2D eigenvalue weighted by Gasteiger charge is -2.17. The normalized spacial score (nSPS) is 17.2. The first-order valence-corrected chi connectivity index (χ1v) is 8.64. The number of hydrogen-bond acceptors (Lipinski definition) is 2. The van der Waals surface area contributed by atoms with Crippen molar-refractivity contribution in [2.24, 2.45) is 5.41 Å². The lowest BCUT2D eigenvalue weighted by molar-refractivity contribution is 0.477. The van der Waals surface area contributed by atoms with E-state index in [1.165, 1.54) is 12.1 Å². The van der Waals surface area contributed by atoms with Crippen LogP contribution in [0.15, 0.2) is 17.0 Å². The number of alkyl halides is 1. The van der Waals surface area contributed by atoms with Crippen molar-refractivity contribution in [2.75, 3.05) is 12.4 Å². The average Bonchev–Trinajstić information content (AvgIpc) is 3.06. The van der Waals surface area contributed by atoms with Crippen molar-refractivity contribution in [3.63, 3.8) is 0 Å². The number of aryl methyl sites for hydroxylation is 2. The Morgan fingerprint density at radius 1 is 1.30 bits per heavy atom. The minimum absolute atomic E-state index is 0.0245. The number of rotatable bonds is 6. The second kappa shape index (κ2) is 5.62. The fourth-order valence-electron chi connectivity index (χ4n) is 2.53. The highest BCUT2D eigenvalue weighted by Crippen LogP contribution is 2.48. The minimum Gasteiger partial charge on any atom is -0.211 e. The molecule has 0 radical (unpaired) electrons. The molecule has 0 saturated heterocycles. The lowest BCUT2D eigenvalue weighted by Crippen LogP contribution is -2.31. The number of sulfonamides is 1. The van der Waals surface area contributed by atoms with Crippen LogP contribution in [0.25, 0.3) is 0 Å². The van der Waals surface area contributed by atoms with Crippen molar-refractivity contribution in [1.29, 1.82) is 0 Å². The van der Waals surface area contributed by atoms with E-state index in [1.54, 1.807) is 13.8 Å². The molecule has 0 atom stereocenters. The van der Waals surface area contributed by atoms with E-state index in [-0.39, 0.29) is 10.3 Å². The van der Waals surface area contributed by atoms with Crippen LogP contribution >= 0.6 is 11.6 Å². The molecule has 1 N–H and O–H groups in total. The Morgan fingerprint density at radius 2 is 1.85 bits per heavy atom. The summed E-state index contributed by atoms with van der Waals surface area (Å²) in [5.74, 6) is 0.121. The molecule has 112 valence electrons. The van der Waals surface area contributed by atoms with Gasteiger partial charge in [0, 0.05) is 12.4 Å². The van der Waals surface area contributed by atoms with Crippen molar-refractivity contribution in [2.45, 2.75) is 38.0 Å². The quantitative estimate of drug-likeness (QED) is 0.819. The fraction of sp³-hybridized carbons (Fsp3) is 0.571. The molecule has 0 aliphatic heterocycles. The Bertz CT molecular complexity index is 589. The zero-order valence-electron chi connectivity index (χ0n) is 11.7. The van der Waals surface area contributed by atoms with Gasteiger partial charge in [-0.2, -0.15) is 0 Å². The van der Waals surface area contributed by atoms with Crippen molar-refractivity contribution >= 4 is 21.6 Å². The summed E-state index contributed by atoms with van der Waals surface area (Å²) < 4.78 is 40.7. The molecule has 1 aromatic rings. The van der Waals surface area contributed by atoms with E-state index in [9.17, 15) is 12.8 Å². The molecule has 1 aliphatic carbocycles. The summed E-state index contributed by atoms with van der Waals surface area (Å²) in [7, 11) is -3.61. The molecule has 1 fully saturated rings. The molecule has 1 aliphatic rings. The van der Waals surface area contributed by atoms with Gasteiger partial charge in [0.25, 0.3) is 0 Å². The molecular formula is C14H19ClFNO2S. The van der Waals surface area contributed by atoms with Gasteiger partial charge in [-0.1, -0.05) is 0 Å². The van der Waals surface area contributed by atoms with Crippen LogP contribution in [-0.2, 0) is 10.0 Å². The van der Waals surface area contributed by atoms with E-state index in [4.69, 9.17) is 11.6 Å². The number of halogens is 2. The SMILES string of the molecule is Cc1cc(F)cc(C)c1S(=O)(=O)NCC1(CCCl)CC1. The van der Waals surface area contributed by atoms with Gasteiger partial charge in [0.2, 0.25) is 10.0 Å². The molecule has 2 rings (SSSR count). The highest BCUT2D eigenvalue weighted by Gasteiger charge is 2.42. The van der Waals surface area contributed by atoms with Gasteiger partial charge in [-0.15, -0.1) is 11.6 Å². The maximum atomic E-state index is 13.3. The van der Waals surface area contributed by atoms with E-state index in [1.807, 2.05) is 0 Å². The summed E-state index contributed by atoms with van der Waals surface area (Å²) in [4.78, 5) is 0.181. The average molecular weight is 320 g/mol. The Balaban J connectivity index is 2.19. The highest BCUT2D eigenvalue weighted by atomic mass is 35.5. The second-order valence-corrected chi connectivity index (χ2v) is 7.71. The molecule has 0 aromatic heterocycles. The van der Waals surface area contributed by atoms with Gasteiger partial charge in [0.05, 0.1) is 4.90 Å². The van der Waals surface area contributed by atoms with Crippen molar-refractivity contribution < 1.29 is 12.8 Å². The van der Waals surface area contributed by atoms with Crippen LogP contribution in [0.1, 0.15) is 30.4 Å². The number of nitrogens with one attached hydrogen (secondary N) is 1. The largest absolute Gasteiger partial charge is 0.241 e. The van der Waals surface area contributed by atoms with Gasteiger partial charge in [-0.25, -0.2) is 17.5 Å². The summed E-state index contributed by atoms with van der Waals surface area (Å²) in [5.41, 5.74) is 0.880. The predicted octanol–water partition coefficient (Wildman–Crippen LogP) is 3.13. The van der Waals surface area contributed by atoms with Gasteiger partial charge < -0.3 is 0 Å². The molecule has 1 saturated carbocycles. The highest BCUT2D eigenvalue weighted by molar-refractivity contribution is 7.89. The topological polar surface area (TPSA) is 46.2 Å². The second-order valence-electron chi connectivity index (χ2n) is 5.63. The molecule has 0 bridgehead atoms.